The lowest BCUT2D eigenvalue weighted by Gasteiger charge is -2.18. The molecule has 1 aromatic heterocycles. The Balaban J connectivity index is 1.95. The molecule has 0 saturated carbocycles. The molecule has 1 aliphatic rings. The second-order valence-electron chi connectivity index (χ2n) is 3.89. The molecule has 0 aromatic carbocycles. The number of hydrogen-bond donors (Lipinski definition) is 1. The molecule has 1 aliphatic heterocycles. The molecular weight excluding hydrogens is 193 g/mol. The van der Waals surface area contributed by atoms with E-state index in [1.165, 1.54) is 6.20 Å². The van der Waals surface area contributed by atoms with Gasteiger partial charge in [-0.3, -0.25) is 9.88 Å². The third-order valence-electron chi connectivity index (χ3n) is 2.60. The third-order valence-corrected chi connectivity index (χ3v) is 2.60. The van der Waals surface area contributed by atoms with Gasteiger partial charge in [-0.2, -0.15) is 0 Å². The first-order valence-corrected chi connectivity index (χ1v) is 5.37. The van der Waals surface area contributed by atoms with E-state index in [2.05, 4.69) is 15.2 Å². The monoisotopic (exact) mass is 209 g/mol. The van der Waals surface area contributed by atoms with Crippen LogP contribution in [0, 0.1) is 5.82 Å². The zero-order valence-electron chi connectivity index (χ0n) is 8.75. The van der Waals surface area contributed by atoms with Crippen molar-refractivity contribution in [2.24, 2.45) is 0 Å². The van der Waals surface area contributed by atoms with Crippen LogP contribution in [0.4, 0.5) is 4.39 Å². The highest BCUT2D eigenvalue weighted by molar-refractivity contribution is 5.09. The number of hydrogen-bond acceptors (Lipinski definition) is 3. The van der Waals surface area contributed by atoms with Crippen LogP contribution >= 0.6 is 0 Å². The van der Waals surface area contributed by atoms with Crippen molar-refractivity contribution in [3.8, 4) is 0 Å². The fourth-order valence-electron chi connectivity index (χ4n) is 1.86. The fraction of sp³-hybridized carbons (Fsp3) is 0.545. The van der Waals surface area contributed by atoms with Crippen molar-refractivity contribution in [1.82, 2.24) is 15.2 Å². The molecule has 1 saturated heterocycles. The molecule has 3 nitrogen and oxygen atoms in total. The van der Waals surface area contributed by atoms with E-state index in [1.807, 2.05) is 0 Å². The van der Waals surface area contributed by atoms with Gasteiger partial charge in [0.25, 0.3) is 0 Å². The van der Waals surface area contributed by atoms with E-state index in [4.69, 9.17) is 0 Å². The Hall–Kier alpha value is -1.00. The highest BCUT2D eigenvalue weighted by atomic mass is 19.1. The number of rotatable bonds is 2. The van der Waals surface area contributed by atoms with Crippen molar-refractivity contribution in [3.05, 3.63) is 29.8 Å². The molecule has 0 aliphatic carbocycles. The van der Waals surface area contributed by atoms with E-state index in [9.17, 15) is 4.39 Å². The number of aromatic nitrogens is 1. The van der Waals surface area contributed by atoms with E-state index in [-0.39, 0.29) is 5.82 Å². The van der Waals surface area contributed by atoms with Crippen LogP contribution in [0.25, 0.3) is 0 Å². The van der Waals surface area contributed by atoms with Crippen molar-refractivity contribution in [2.75, 3.05) is 26.2 Å². The lowest BCUT2D eigenvalue weighted by molar-refractivity contribution is 0.283. The SMILES string of the molecule is Fc1cncc(CN2CCCNCC2)c1. The second-order valence-corrected chi connectivity index (χ2v) is 3.89. The van der Waals surface area contributed by atoms with Gasteiger partial charge in [-0.15, -0.1) is 0 Å². The predicted molar refractivity (Wildman–Crippen MR) is 57.0 cm³/mol. The molecule has 4 heteroatoms. The van der Waals surface area contributed by atoms with Crippen molar-refractivity contribution < 1.29 is 4.39 Å². The van der Waals surface area contributed by atoms with Crippen molar-refractivity contribution >= 4 is 0 Å². The van der Waals surface area contributed by atoms with Gasteiger partial charge >= 0.3 is 0 Å². The summed E-state index contributed by atoms with van der Waals surface area (Å²) >= 11 is 0. The topological polar surface area (TPSA) is 28.2 Å². The molecule has 0 atom stereocenters. The lowest BCUT2D eigenvalue weighted by Crippen LogP contribution is -2.27. The van der Waals surface area contributed by atoms with Crippen LogP contribution < -0.4 is 5.32 Å². The minimum atomic E-state index is -0.250. The number of nitrogens with one attached hydrogen (secondary N) is 1. The molecule has 0 radical (unpaired) electrons. The van der Waals surface area contributed by atoms with E-state index < -0.39 is 0 Å². The lowest BCUT2D eigenvalue weighted by atomic mass is 10.2. The van der Waals surface area contributed by atoms with Gasteiger partial charge in [0.1, 0.15) is 5.82 Å². The maximum Gasteiger partial charge on any atom is 0.141 e. The smallest absolute Gasteiger partial charge is 0.141 e. The standard InChI is InChI=1S/C11H16FN3/c12-11-6-10(7-14-8-11)9-15-4-1-2-13-3-5-15/h6-8,13H,1-5,9H2. The highest BCUT2D eigenvalue weighted by Gasteiger charge is 2.09. The van der Waals surface area contributed by atoms with Crippen molar-refractivity contribution in [1.29, 1.82) is 0 Å². The Morgan fingerprint density at radius 2 is 2.27 bits per heavy atom. The molecule has 2 rings (SSSR count). The summed E-state index contributed by atoms with van der Waals surface area (Å²) in [4.78, 5) is 6.19. The Labute approximate surface area is 89.3 Å². The van der Waals surface area contributed by atoms with Gasteiger partial charge in [-0.05, 0) is 31.1 Å². The van der Waals surface area contributed by atoms with Crippen LogP contribution in [-0.4, -0.2) is 36.1 Å². The maximum absolute atomic E-state index is 12.9. The molecule has 2 heterocycles. The van der Waals surface area contributed by atoms with Crippen LogP contribution in [0.1, 0.15) is 12.0 Å². The van der Waals surface area contributed by atoms with Gasteiger partial charge in [0.05, 0.1) is 6.20 Å². The first kappa shape index (κ1) is 10.5. The molecule has 15 heavy (non-hydrogen) atoms. The molecule has 1 fully saturated rings. The summed E-state index contributed by atoms with van der Waals surface area (Å²) in [6, 6.07) is 1.56. The van der Waals surface area contributed by atoms with E-state index in [1.54, 1.807) is 12.3 Å². The highest BCUT2D eigenvalue weighted by Crippen LogP contribution is 2.06. The summed E-state index contributed by atoms with van der Waals surface area (Å²) in [6.45, 7) is 4.99. The zero-order chi connectivity index (χ0) is 10.5. The van der Waals surface area contributed by atoms with Crippen molar-refractivity contribution in [3.63, 3.8) is 0 Å². The van der Waals surface area contributed by atoms with E-state index >= 15 is 0 Å². The van der Waals surface area contributed by atoms with Crippen LogP contribution in [0.3, 0.4) is 0 Å². The van der Waals surface area contributed by atoms with Crippen LogP contribution in [-0.2, 0) is 6.54 Å². The average Bonchev–Trinajstić information content (AvgIpc) is 2.46. The normalized spacial score (nSPS) is 18.7. The molecular formula is C11H16FN3. The predicted octanol–water partition coefficient (Wildman–Crippen LogP) is 1.02. The summed E-state index contributed by atoms with van der Waals surface area (Å²) in [6.07, 6.45) is 4.14. The van der Waals surface area contributed by atoms with E-state index in [0.717, 1.165) is 44.7 Å². The molecule has 0 unspecified atom stereocenters. The third kappa shape index (κ3) is 3.25. The molecule has 1 N–H and O–H groups in total. The molecule has 1 aromatic rings. The minimum Gasteiger partial charge on any atom is -0.315 e. The first-order chi connectivity index (χ1) is 7.34. The summed E-state index contributed by atoms with van der Waals surface area (Å²) < 4.78 is 12.9. The Bertz CT molecular complexity index is 308. The quantitative estimate of drug-likeness (QED) is 0.788. The Morgan fingerprint density at radius 1 is 1.33 bits per heavy atom. The van der Waals surface area contributed by atoms with Gasteiger partial charge in [-0.25, -0.2) is 4.39 Å². The van der Waals surface area contributed by atoms with Crippen LogP contribution in [0.15, 0.2) is 18.5 Å². The molecule has 82 valence electrons. The zero-order valence-corrected chi connectivity index (χ0v) is 8.75. The fourth-order valence-corrected chi connectivity index (χ4v) is 1.86. The second kappa shape index (κ2) is 5.19. The Kier molecular flexibility index (Phi) is 3.64. The summed E-state index contributed by atoms with van der Waals surface area (Å²) in [7, 11) is 0. The van der Waals surface area contributed by atoms with Crippen LogP contribution in [0.2, 0.25) is 0 Å². The van der Waals surface area contributed by atoms with Crippen LogP contribution in [0.5, 0.6) is 0 Å². The maximum atomic E-state index is 12.9. The van der Waals surface area contributed by atoms with Gasteiger partial charge < -0.3 is 5.32 Å². The number of nitrogens with zero attached hydrogens (tertiary/aromatic N) is 2. The van der Waals surface area contributed by atoms with Gasteiger partial charge in [-0.1, -0.05) is 0 Å². The number of halogens is 1. The Morgan fingerprint density at radius 3 is 3.13 bits per heavy atom. The van der Waals surface area contributed by atoms with Gasteiger partial charge in [0.15, 0.2) is 0 Å². The molecule has 0 bridgehead atoms. The minimum absolute atomic E-state index is 0.250. The van der Waals surface area contributed by atoms with Crippen molar-refractivity contribution in [2.45, 2.75) is 13.0 Å². The van der Waals surface area contributed by atoms with E-state index in [0.29, 0.717) is 0 Å². The number of pyridine rings is 1. The summed E-state index contributed by atoms with van der Waals surface area (Å²) in [5.74, 6) is -0.250. The summed E-state index contributed by atoms with van der Waals surface area (Å²) in [5, 5.41) is 3.34. The molecule has 0 amide bonds. The van der Waals surface area contributed by atoms with Gasteiger partial charge in [0, 0.05) is 25.8 Å². The summed E-state index contributed by atoms with van der Waals surface area (Å²) in [5.41, 5.74) is 0.955. The first-order valence-electron chi connectivity index (χ1n) is 5.37. The molecule has 0 spiro atoms. The largest absolute Gasteiger partial charge is 0.315 e. The van der Waals surface area contributed by atoms with Gasteiger partial charge in [0.2, 0.25) is 0 Å². The average molecular weight is 209 g/mol.